The monoisotopic (exact) mass is 440 g/mol. The summed E-state index contributed by atoms with van der Waals surface area (Å²) in [7, 11) is 1.83. The number of nitrogens with one attached hydrogen (secondary N) is 1. The SMILES string of the molecule is C=CC(C)(CN1CC=C(C=O)C(C)=C1C(C)N1CCN(CC(F)(F)F)CC1)C(=C)NC. The summed E-state index contributed by atoms with van der Waals surface area (Å²) in [5.74, 6) is 0. The summed E-state index contributed by atoms with van der Waals surface area (Å²) < 4.78 is 38.2. The van der Waals surface area contributed by atoms with E-state index in [9.17, 15) is 18.0 Å². The van der Waals surface area contributed by atoms with E-state index in [0.29, 0.717) is 44.8 Å². The first-order valence-corrected chi connectivity index (χ1v) is 10.6. The highest BCUT2D eigenvalue weighted by Gasteiger charge is 2.36. The molecule has 1 saturated heterocycles. The fourth-order valence-corrected chi connectivity index (χ4v) is 4.41. The number of rotatable bonds is 9. The second-order valence-corrected chi connectivity index (χ2v) is 8.62. The highest BCUT2D eigenvalue weighted by Crippen LogP contribution is 2.33. The summed E-state index contributed by atoms with van der Waals surface area (Å²) in [6, 6.07) is -0.0337. The minimum atomic E-state index is -4.18. The fourth-order valence-electron chi connectivity index (χ4n) is 4.41. The van der Waals surface area contributed by atoms with Crippen LogP contribution in [0, 0.1) is 5.41 Å². The van der Waals surface area contributed by atoms with Crippen LogP contribution in [-0.4, -0.2) is 86.1 Å². The lowest BCUT2D eigenvalue weighted by molar-refractivity contribution is -0.149. The van der Waals surface area contributed by atoms with Crippen molar-refractivity contribution in [2.45, 2.75) is 33.0 Å². The number of aldehydes is 1. The molecule has 0 saturated carbocycles. The molecule has 2 atom stereocenters. The zero-order valence-electron chi connectivity index (χ0n) is 19.1. The summed E-state index contributed by atoms with van der Waals surface area (Å²) in [6.07, 6.45) is 0.491. The van der Waals surface area contributed by atoms with E-state index in [0.717, 1.165) is 23.3 Å². The average molecular weight is 441 g/mol. The first kappa shape index (κ1) is 25.2. The van der Waals surface area contributed by atoms with Gasteiger partial charge in [-0.2, -0.15) is 13.2 Å². The number of alkyl halides is 3. The molecular formula is C23H35F3N4O. The second kappa shape index (κ2) is 10.0. The van der Waals surface area contributed by atoms with Crippen LogP contribution in [0.15, 0.2) is 47.9 Å². The Labute approximate surface area is 183 Å². The predicted molar refractivity (Wildman–Crippen MR) is 118 cm³/mol. The Kier molecular flexibility index (Phi) is 8.16. The van der Waals surface area contributed by atoms with E-state index in [4.69, 9.17) is 0 Å². The van der Waals surface area contributed by atoms with Crippen molar-refractivity contribution in [3.05, 3.63) is 47.9 Å². The van der Waals surface area contributed by atoms with Crippen molar-refractivity contribution in [2.24, 2.45) is 5.41 Å². The first-order valence-electron chi connectivity index (χ1n) is 10.6. The van der Waals surface area contributed by atoms with Crippen molar-refractivity contribution >= 4 is 6.29 Å². The van der Waals surface area contributed by atoms with E-state index >= 15 is 0 Å². The maximum atomic E-state index is 12.7. The number of hydrogen-bond acceptors (Lipinski definition) is 5. The molecule has 1 N–H and O–H groups in total. The lowest BCUT2D eigenvalue weighted by atomic mass is 9.85. The average Bonchev–Trinajstić information content (AvgIpc) is 2.72. The van der Waals surface area contributed by atoms with E-state index in [1.54, 1.807) is 0 Å². The topological polar surface area (TPSA) is 38.8 Å². The van der Waals surface area contributed by atoms with E-state index in [1.807, 2.05) is 26.1 Å². The zero-order chi connectivity index (χ0) is 23.4. The van der Waals surface area contributed by atoms with Crippen molar-refractivity contribution in [3.8, 4) is 0 Å². The third-order valence-electron chi connectivity index (χ3n) is 6.53. The second-order valence-electron chi connectivity index (χ2n) is 8.62. The van der Waals surface area contributed by atoms with Gasteiger partial charge in [0, 0.05) is 74.7 Å². The van der Waals surface area contributed by atoms with Gasteiger partial charge in [0.05, 0.1) is 6.54 Å². The van der Waals surface area contributed by atoms with E-state index in [2.05, 4.69) is 42.1 Å². The molecule has 2 aliphatic rings. The fraction of sp³-hybridized carbons (Fsp3) is 0.609. The van der Waals surface area contributed by atoms with Crippen LogP contribution in [0.3, 0.4) is 0 Å². The Hall–Kier alpha value is -2.06. The lowest BCUT2D eigenvalue weighted by Gasteiger charge is -2.45. The van der Waals surface area contributed by atoms with Crippen LogP contribution in [-0.2, 0) is 4.79 Å². The van der Waals surface area contributed by atoms with Gasteiger partial charge in [0.15, 0.2) is 0 Å². The normalized spacial score (nSPS) is 21.9. The molecule has 2 unspecified atom stereocenters. The molecule has 174 valence electrons. The van der Waals surface area contributed by atoms with E-state index < -0.39 is 18.1 Å². The molecule has 1 fully saturated rings. The number of halogens is 3. The molecule has 0 aliphatic carbocycles. The van der Waals surface area contributed by atoms with Gasteiger partial charge in [-0.15, -0.1) is 6.58 Å². The van der Waals surface area contributed by atoms with Crippen LogP contribution in [0.2, 0.25) is 0 Å². The highest BCUT2D eigenvalue weighted by atomic mass is 19.4. The smallest absolute Gasteiger partial charge is 0.391 e. The maximum Gasteiger partial charge on any atom is 0.401 e. The van der Waals surface area contributed by atoms with Gasteiger partial charge in [-0.05, 0) is 26.3 Å². The number of hydrogen-bond donors (Lipinski definition) is 1. The number of piperazine rings is 1. The molecule has 0 amide bonds. The molecule has 2 rings (SSSR count). The molecule has 0 radical (unpaired) electrons. The largest absolute Gasteiger partial charge is 0.401 e. The molecular weight excluding hydrogens is 405 g/mol. The lowest BCUT2D eigenvalue weighted by Crippen LogP contribution is -2.54. The number of carbonyl (C=O) groups is 1. The van der Waals surface area contributed by atoms with Crippen molar-refractivity contribution in [1.82, 2.24) is 20.0 Å². The minimum Gasteiger partial charge on any atom is -0.391 e. The molecule has 2 heterocycles. The molecule has 0 aromatic carbocycles. The van der Waals surface area contributed by atoms with Crippen molar-refractivity contribution in [1.29, 1.82) is 0 Å². The van der Waals surface area contributed by atoms with Crippen molar-refractivity contribution in [3.63, 3.8) is 0 Å². The van der Waals surface area contributed by atoms with Gasteiger partial charge >= 0.3 is 6.18 Å². The maximum absolute atomic E-state index is 12.7. The van der Waals surface area contributed by atoms with E-state index in [1.165, 1.54) is 4.90 Å². The third kappa shape index (κ3) is 6.01. The third-order valence-corrected chi connectivity index (χ3v) is 6.53. The van der Waals surface area contributed by atoms with Gasteiger partial charge in [0.25, 0.3) is 0 Å². The number of allylic oxidation sites excluding steroid dienone is 2. The standard InChI is InChI=1S/C23H35F3N4O/c1-7-22(5,19(4)27-6)15-30-9-8-20(14-31)17(2)21(30)18(3)29-12-10-28(11-13-29)16-23(24,25)26/h7-8,14,18,27H,1,4,9-13,15-16H2,2-3,5-6H3. The Morgan fingerprint density at radius 3 is 2.35 bits per heavy atom. The van der Waals surface area contributed by atoms with Crippen LogP contribution in [0.4, 0.5) is 13.2 Å². The van der Waals surface area contributed by atoms with Crippen molar-refractivity contribution in [2.75, 3.05) is 52.9 Å². The minimum absolute atomic E-state index is 0.0337. The number of carbonyl (C=O) groups excluding carboxylic acids is 1. The van der Waals surface area contributed by atoms with Gasteiger partial charge < -0.3 is 10.2 Å². The molecule has 0 aromatic rings. The molecule has 2 aliphatic heterocycles. The predicted octanol–water partition coefficient (Wildman–Crippen LogP) is 3.20. The molecule has 31 heavy (non-hydrogen) atoms. The van der Waals surface area contributed by atoms with E-state index in [-0.39, 0.29) is 6.04 Å². The molecule has 5 nitrogen and oxygen atoms in total. The molecule has 0 spiro atoms. The molecule has 0 bridgehead atoms. The molecule has 0 aromatic heterocycles. The first-order chi connectivity index (χ1) is 14.5. The van der Waals surface area contributed by atoms with Gasteiger partial charge in [0.2, 0.25) is 0 Å². The van der Waals surface area contributed by atoms with Gasteiger partial charge in [-0.1, -0.05) is 18.7 Å². The van der Waals surface area contributed by atoms with Gasteiger partial charge in [0.1, 0.15) is 6.29 Å². The Balaban J connectivity index is 2.24. The summed E-state index contributed by atoms with van der Waals surface area (Å²) in [5, 5.41) is 3.12. The summed E-state index contributed by atoms with van der Waals surface area (Å²) >= 11 is 0. The van der Waals surface area contributed by atoms with Crippen LogP contribution in [0.5, 0.6) is 0 Å². The zero-order valence-corrected chi connectivity index (χ0v) is 19.1. The summed E-state index contributed by atoms with van der Waals surface area (Å²) in [4.78, 5) is 17.5. The Morgan fingerprint density at radius 2 is 1.87 bits per heavy atom. The quantitative estimate of drug-likeness (QED) is 0.440. The summed E-state index contributed by atoms with van der Waals surface area (Å²) in [6.45, 7) is 16.4. The Morgan fingerprint density at radius 1 is 1.26 bits per heavy atom. The van der Waals surface area contributed by atoms with Crippen LogP contribution < -0.4 is 5.32 Å². The van der Waals surface area contributed by atoms with Crippen LogP contribution in [0.1, 0.15) is 20.8 Å². The Bertz CT molecular complexity index is 750. The van der Waals surface area contributed by atoms with Crippen LogP contribution >= 0.6 is 0 Å². The van der Waals surface area contributed by atoms with Crippen LogP contribution in [0.25, 0.3) is 0 Å². The number of nitrogens with zero attached hydrogens (tertiary/aromatic N) is 3. The highest BCUT2D eigenvalue weighted by molar-refractivity contribution is 5.81. The van der Waals surface area contributed by atoms with Crippen molar-refractivity contribution < 1.29 is 18.0 Å². The van der Waals surface area contributed by atoms with Gasteiger partial charge in [-0.25, -0.2) is 0 Å². The summed E-state index contributed by atoms with van der Waals surface area (Å²) in [5.41, 5.74) is 3.07. The molecule has 8 heteroatoms. The van der Waals surface area contributed by atoms with Gasteiger partial charge in [-0.3, -0.25) is 14.6 Å².